The van der Waals surface area contributed by atoms with Crippen LogP contribution in [0.25, 0.3) is 22.3 Å². The number of alkyl halides is 2. The molecule has 0 aromatic carbocycles. The standard InChI is InChI=1S/C24H24F2N10O8P2S2/c25-13-17(43-45(39)47)11(5-37)41-23(13)35-9-33-15-19(29-7-31-21(15)35)27-3-1-2-4-28-20-16-22(32-8-30-20)36(10-34-16)24-14(26)18(44-46(40)48)12(6-38)42-24/h7-14,17-18,23-24,37-38H,3-6H2,(H2-2,27,28,29,30,31,32,39,40,47,48)/p+2/t11-,12?,13-,14-,17-,18-,23?,24-/m1/s1. The van der Waals surface area contributed by atoms with E-state index in [0.717, 1.165) is 0 Å². The smallest absolute Gasteiger partial charge is 0.394 e. The van der Waals surface area contributed by atoms with Crippen LogP contribution in [0.2, 0.25) is 0 Å². The van der Waals surface area contributed by atoms with Crippen LogP contribution in [0.3, 0.4) is 0 Å². The van der Waals surface area contributed by atoms with Gasteiger partial charge >= 0.3 is 14.5 Å². The van der Waals surface area contributed by atoms with Gasteiger partial charge in [-0.15, -0.1) is 9.05 Å². The third-order valence-electron chi connectivity index (χ3n) is 7.40. The van der Waals surface area contributed by atoms with E-state index in [1.807, 2.05) is 0 Å². The number of thiol groups is 2. The number of nitrogens with zero attached hydrogens (tertiary/aromatic N) is 8. The number of aromatic nitrogens is 8. The van der Waals surface area contributed by atoms with Gasteiger partial charge in [-0.2, -0.15) is 0 Å². The predicted octanol–water partition coefficient (Wildman–Crippen LogP) is 1.89. The lowest BCUT2D eigenvalue weighted by Gasteiger charge is -2.15. The fourth-order valence-corrected chi connectivity index (χ4v) is 6.88. The molecule has 0 bridgehead atoms. The predicted molar refractivity (Wildman–Crippen MR) is 170 cm³/mol. The molecule has 0 radical (unpaired) electrons. The minimum absolute atomic E-state index is 0.141. The Hall–Kier alpha value is -3.22. The number of aliphatic hydroxyl groups excluding tert-OH is 2. The number of aliphatic hydroxyl groups is 2. The quantitative estimate of drug-likeness (QED) is 0.0692. The summed E-state index contributed by atoms with van der Waals surface area (Å²) >= 11 is 7.33. The van der Waals surface area contributed by atoms with Crippen molar-refractivity contribution in [3.05, 3.63) is 25.3 Å². The summed E-state index contributed by atoms with van der Waals surface area (Å²) in [6.07, 6.45) is -5.74. The van der Waals surface area contributed by atoms with Gasteiger partial charge in [0.25, 0.3) is 0 Å². The number of hydrogen-bond donors (Lipinski definition) is 6. The van der Waals surface area contributed by atoms with Crippen molar-refractivity contribution in [1.82, 2.24) is 39.0 Å². The lowest BCUT2D eigenvalue weighted by molar-refractivity contribution is -0.0427. The highest BCUT2D eigenvalue weighted by molar-refractivity contribution is 8.39. The van der Waals surface area contributed by atoms with E-state index in [4.69, 9.17) is 18.5 Å². The summed E-state index contributed by atoms with van der Waals surface area (Å²) in [5.41, 5.74) is 1.09. The molecule has 4 aromatic heterocycles. The highest BCUT2D eigenvalue weighted by Gasteiger charge is 2.52. The van der Waals surface area contributed by atoms with Crippen LogP contribution < -0.4 is 10.6 Å². The molecule has 4 aromatic rings. The highest BCUT2D eigenvalue weighted by atomic mass is 32.7. The van der Waals surface area contributed by atoms with Crippen molar-refractivity contribution in [2.24, 2.45) is 0 Å². The molecule has 48 heavy (non-hydrogen) atoms. The fraction of sp³-hybridized carbons (Fsp3) is 0.500. The Labute approximate surface area is 281 Å². The Morgan fingerprint density at radius 1 is 0.771 bits per heavy atom. The molecule has 2 saturated heterocycles. The Bertz CT molecular complexity index is 1750. The van der Waals surface area contributed by atoms with E-state index in [9.17, 15) is 19.3 Å². The zero-order valence-corrected chi connectivity index (χ0v) is 27.8. The van der Waals surface area contributed by atoms with Gasteiger partial charge in [0.05, 0.1) is 39.0 Å². The molecular weight excluding hydrogens is 720 g/mol. The first-order valence-electron chi connectivity index (χ1n) is 14.0. The van der Waals surface area contributed by atoms with Crippen molar-refractivity contribution in [2.45, 2.75) is 49.2 Å². The van der Waals surface area contributed by atoms with E-state index in [1.165, 1.54) is 34.4 Å². The third kappa shape index (κ3) is 6.93. The lowest BCUT2D eigenvalue weighted by atomic mass is 10.1. The van der Waals surface area contributed by atoms with Crippen LogP contribution >= 0.6 is 39.0 Å². The molecule has 6 heterocycles. The van der Waals surface area contributed by atoms with Gasteiger partial charge in [-0.3, -0.25) is 9.13 Å². The number of ether oxygens (including phenoxy) is 2. The molecule has 4 N–H and O–H groups in total. The summed E-state index contributed by atoms with van der Waals surface area (Å²) in [6, 6.07) is 0. The Balaban J connectivity index is 1.08. The van der Waals surface area contributed by atoms with E-state index in [2.05, 4.69) is 76.9 Å². The van der Waals surface area contributed by atoms with E-state index in [-0.39, 0.29) is 24.4 Å². The van der Waals surface area contributed by atoms with Crippen molar-refractivity contribution in [3.8, 4) is 11.8 Å². The molecule has 0 aliphatic carbocycles. The molecule has 0 saturated carbocycles. The van der Waals surface area contributed by atoms with Crippen molar-refractivity contribution in [2.75, 3.05) is 36.9 Å². The summed E-state index contributed by atoms with van der Waals surface area (Å²) < 4.78 is 77.3. The van der Waals surface area contributed by atoms with Gasteiger partial charge < -0.3 is 30.3 Å². The minimum atomic E-state index is -2.44. The van der Waals surface area contributed by atoms with E-state index < -0.39 is 76.9 Å². The second-order valence-corrected chi connectivity index (χ2v) is 13.5. The maximum atomic E-state index is 15.2. The Kier molecular flexibility index (Phi) is 10.9. The second kappa shape index (κ2) is 15.1. The van der Waals surface area contributed by atoms with Crippen LogP contribution in [-0.2, 0) is 27.7 Å². The number of imidazole rings is 2. The zero-order chi connectivity index (χ0) is 33.9. The average molecular weight is 747 g/mol. The van der Waals surface area contributed by atoms with Crippen LogP contribution in [0.5, 0.6) is 0 Å². The molecule has 10 atom stereocenters. The maximum absolute atomic E-state index is 15.2. The van der Waals surface area contributed by atoms with Gasteiger partial charge in [0, 0.05) is 0 Å². The van der Waals surface area contributed by atoms with Gasteiger partial charge in [0.2, 0.25) is 0 Å². The molecule has 254 valence electrons. The van der Waals surface area contributed by atoms with Crippen molar-refractivity contribution >= 4 is 72.9 Å². The van der Waals surface area contributed by atoms with E-state index in [0.29, 0.717) is 22.7 Å². The topological polar surface area (TPSA) is 223 Å². The number of anilines is 2. The maximum Gasteiger partial charge on any atom is 0.582 e. The first kappa shape index (κ1) is 34.6. The van der Waals surface area contributed by atoms with Crippen molar-refractivity contribution in [3.63, 3.8) is 0 Å². The molecule has 24 heteroatoms. The Morgan fingerprint density at radius 2 is 1.19 bits per heavy atom. The van der Waals surface area contributed by atoms with Crippen molar-refractivity contribution in [1.29, 1.82) is 0 Å². The highest BCUT2D eigenvalue weighted by Crippen LogP contribution is 2.42. The molecule has 6 rings (SSSR count). The van der Waals surface area contributed by atoms with Crippen LogP contribution in [0.1, 0.15) is 12.5 Å². The summed E-state index contributed by atoms with van der Waals surface area (Å²) in [5.74, 6) is 6.48. The van der Waals surface area contributed by atoms with Gasteiger partial charge in [-0.05, 0) is 9.13 Å². The number of rotatable bonds is 12. The van der Waals surface area contributed by atoms with E-state index in [1.54, 1.807) is 0 Å². The van der Waals surface area contributed by atoms with Crippen LogP contribution in [0, 0.1) is 11.8 Å². The largest absolute Gasteiger partial charge is 0.582 e. The normalized spacial score (nSPS) is 27.6. The number of hydrogen-bond acceptors (Lipinski definition) is 16. The van der Waals surface area contributed by atoms with Gasteiger partial charge in [0.15, 0.2) is 71.0 Å². The second-order valence-electron chi connectivity index (χ2n) is 10.2. The molecule has 4 unspecified atom stereocenters. The SMILES string of the molecule is O=[P+](S)O[C@@H]1[C@@H](CO)OC(n2cnc3c(NCC#CCNc4ncnc5c4ncn5[C@@H]4OC(CO)[C@@H](O[P+](=O)S)[C@H]4F)ncnc32)[C@@H]1F. The van der Waals surface area contributed by atoms with Gasteiger partial charge in [0.1, 0.15) is 49.4 Å². The average Bonchev–Trinajstić information content (AvgIpc) is 3.83. The molecule has 0 spiro atoms. The Morgan fingerprint density at radius 3 is 1.56 bits per heavy atom. The zero-order valence-electron chi connectivity index (χ0n) is 24.2. The summed E-state index contributed by atoms with van der Waals surface area (Å²) in [4.78, 5) is 25.3. The minimum Gasteiger partial charge on any atom is -0.394 e. The van der Waals surface area contributed by atoms with Crippen molar-refractivity contribution < 1.29 is 46.6 Å². The first-order valence-corrected chi connectivity index (χ1v) is 18.6. The van der Waals surface area contributed by atoms with Gasteiger partial charge in [-0.1, -0.05) is 11.8 Å². The molecule has 2 aliphatic rings. The number of fused-ring (bicyclic) bond motifs is 2. The third-order valence-corrected chi connectivity index (χ3v) is 8.81. The molecular formula is C24H26F2N10O8P2S2+2. The molecule has 0 amide bonds. The summed E-state index contributed by atoms with van der Waals surface area (Å²) in [7, 11) is -4.88. The van der Waals surface area contributed by atoms with Crippen LogP contribution in [0.15, 0.2) is 25.3 Å². The number of nitrogens with one attached hydrogen (secondary N) is 2. The first-order chi connectivity index (χ1) is 23.2. The van der Waals surface area contributed by atoms with Crippen LogP contribution in [-0.4, -0.2) is 112 Å². The monoisotopic (exact) mass is 746 g/mol. The van der Waals surface area contributed by atoms with Gasteiger partial charge in [-0.25, -0.2) is 38.7 Å². The summed E-state index contributed by atoms with van der Waals surface area (Å²) in [5, 5.41) is 25.2. The fourth-order valence-electron chi connectivity index (χ4n) is 5.31. The van der Waals surface area contributed by atoms with E-state index >= 15 is 8.78 Å². The number of halogens is 2. The molecule has 2 aliphatic heterocycles. The molecule has 2 fully saturated rings. The van der Waals surface area contributed by atoms with Crippen LogP contribution in [0.4, 0.5) is 20.4 Å². The summed E-state index contributed by atoms with van der Waals surface area (Å²) in [6.45, 7) is -0.848. The molecule has 18 nitrogen and oxygen atoms in total. The lowest BCUT2D eigenvalue weighted by Crippen LogP contribution is -2.31.